The molecular weight excluding hydrogens is 277 g/mol. The highest BCUT2D eigenvalue weighted by molar-refractivity contribution is 5.80. The van der Waals surface area contributed by atoms with E-state index in [0.717, 1.165) is 6.07 Å². The van der Waals surface area contributed by atoms with E-state index in [9.17, 15) is 4.39 Å². The first kappa shape index (κ1) is 12.8. The highest BCUT2D eigenvalue weighted by Crippen LogP contribution is 2.29. The van der Waals surface area contributed by atoms with Crippen molar-refractivity contribution in [3.05, 3.63) is 35.8 Å². The molecule has 0 amide bonds. The van der Waals surface area contributed by atoms with Crippen molar-refractivity contribution in [1.82, 2.24) is 20.2 Å². The molecule has 4 N–H and O–H groups in total. The third-order valence-corrected chi connectivity index (χ3v) is 2.67. The molecule has 3 aromatic rings. The van der Waals surface area contributed by atoms with E-state index in [4.69, 9.17) is 15.8 Å². The Morgan fingerprint density at radius 2 is 2.24 bits per heavy atom. The van der Waals surface area contributed by atoms with Crippen LogP contribution in [0.5, 0.6) is 11.6 Å². The number of halogens is 1. The molecule has 0 aliphatic heterocycles. The summed E-state index contributed by atoms with van der Waals surface area (Å²) in [4.78, 5) is 8.03. The van der Waals surface area contributed by atoms with Crippen molar-refractivity contribution in [1.29, 1.82) is 5.26 Å². The first-order valence-electron chi connectivity index (χ1n) is 5.76. The van der Waals surface area contributed by atoms with Crippen LogP contribution in [-0.4, -0.2) is 20.2 Å². The van der Waals surface area contributed by atoms with Gasteiger partial charge in [0.2, 0.25) is 11.8 Å². The standard InChI is InChI=1S/C12H8FN7O/c13-8-3-6(4-14)1-2-9(8)21-11-7-5-16-20-10(7)17-12(18-11)19-15/h1-3,5H,15H2,(H2,16,17,18,19,20). The molecule has 0 bridgehead atoms. The number of ether oxygens (including phenoxy) is 1. The molecule has 3 rings (SSSR count). The molecule has 0 atom stereocenters. The van der Waals surface area contributed by atoms with Crippen LogP contribution in [0, 0.1) is 17.1 Å². The van der Waals surface area contributed by atoms with Crippen molar-refractivity contribution in [3.63, 3.8) is 0 Å². The number of hydrogen-bond donors (Lipinski definition) is 3. The molecule has 1 aromatic carbocycles. The highest BCUT2D eigenvalue weighted by Gasteiger charge is 2.13. The Kier molecular flexibility index (Phi) is 3.06. The van der Waals surface area contributed by atoms with Gasteiger partial charge in [0.15, 0.2) is 17.2 Å². The smallest absolute Gasteiger partial charge is 0.242 e. The molecule has 2 aromatic heterocycles. The number of nitrogens with zero attached hydrogens (tertiary/aromatic N) is 4. The van der Waals surface area contributed by atoms with Crippen molar-refractivity contribution >= 4 is 17.0 Å². The lowest BCUT2D eigenvalue weighted by Crippen LogP contribution is -2.11. The van der Waals surface area contributed by atoms with Gasteiger partial charge in [0.1, 0.15) is 5.39 Å². The number of nitrogens with one attached hydrogen (secondary N) is 2. The van der Waals surface area contributed by atoms with E-state index in [-0.39, 0.29) is 23.1 Å². The van der Waals surface area contributed by atoms with Crippen molar-refractivity contribution in [2.45, 2.75) is 0 Å². The maximum Gasteiger partial charge on any atom is 0.242 e. The first-order chi connectivity index (χ1) is 10.2. The van der Waals surface area contributed by atoms with Crippen LogP contribution in [0.25, 0.3) is 11.0 Å². The molecule has 0 saturated heterocycles. The van der Waals surface area contributed by atoms with Crippen LogP contribution in [0.2, 0.25) is 0 Å². The molecular formula is C12H8FN7O. The zero-order chi connectivity index (χ0) is 14.8. The minimum atomic E-state index is -0.674. The molecule has 0 spiro atoms. The Morgan fingerprint density at radius 1 is 1.38 bits per heavy atom. The van der Waals surface area contributed by atoms with E-state index < -0.39 is 5.82 Å². The van der Waals surface area contributed by atoms with Crippen LogP contribution in [0.1, 0.15) is 5.56 Å². The lowest BCUT2D eigenvalue weighted by atomic mass is 10.2. The van der Waals surface area contributed by atoms with Gasteiger partial charge in [-0.05, 0) is 18.2 Å². The van der Waals surface area contributed by atoms with E-state index in [0.29, 0.717) is 11.0 Å². The number of rotatable bonds is 3. The molecule has 0 aliphatic carbocycles. The number of aromatic amines is 1. The van der Waals surface area contributed by atoms with Gasteiger partial charge in [-0.3, -0.25) is 10.5 Å². The van der Waals surface area contributed by atoms with Crippen LogP contribution in [0.3, 0.4) is 0 Å². The normalized spacial score (nSPS) is 10.3. The molecule has 21 heavy (non-hydrogen) atoms. The summed E-state index contributed by atoms with van der Waals surface area (Å²) in [5.41, 5.74) is 2.87. The predicted octanol–water partition coefficient (Wildman–Crippen LogP) is 1.44. The quantitative estimate of drug-likeness (QED) is 0.491. The van der Waals surface area contributed by atoms with E-state index in [1.807, 2.05) is 6.07 Å². The molecule has 0 aliphatic rings. The summed E-state index contributed by atoms with van der Waals surface area (Å²) < 4.78 is 19.3. The van der Waals surface area contributed by atoms with Gasteiger partial charge in [0.25, 0.3) is 0 Å². The zero-order valence-corrected chi connectivity index (χ0v) is 10.5. The van der Waals surface area contributed by atoms with Gasteiger partial charge in [-0.25, -0.2) is 10.2 Å². The number of benzene rings is 1. The van der Waals surface area contributed by atoms with Gasteiger partial charge in [0, 0.05) is 0 Å². The number of nitrogens with two attached hydrogens (primary N) is 1. The molecule has 0 radical (unpaired) electrons. The van der Waals surface area contributed by atoms with Crippen LogP contribution >= 0.6 is 0 Å². The van der Waals surface area contributed by atoms with E-state index >= 15 is 0 Å². The Bertz CT molecular complexity index is 854. The summed E-state index contributed by atoms with van der Waals surface area (Å²) in [6.07, 6.45) is 1.45. The molecule has 9 heteroatoms. The average molecular weight is 285 g/mol. The van der Waals surface area contributed by atoms with Crippen molar-refractivity contribution in [2.75, 3.05) is 5.43 Å². The summed E-state index contributed by atoms with van der Waals surface area (Å²) in [5.74, 6) is 4.70. The lowest BCUT2D eigenvalue weighted by Gasteiger charge is -2.08. The average Bonchev–Trinajstić information content (AvgIpc) is 2.97. The summed E-state index contributed by atoms with van der Waals surface area (Å²) in [6.45, 7) is 0. The fourth-order valence-corrected chi connectivity index (χ4v) is 1.71. The second kappa shape index (κ2) is 5.03. The second-order valence-electron chi connectivity index (χ2n) is 3.99. The van der Waals surface area contributed by atoms with Gasteiger partial charge < -0.3 is 4.74 Å². The Hall–Kier alpha value is -3.25. The number of fused-ring (bicyclic) bond motifs is 1. The maximum atomic E-state index is 13.8. The summed E-state index contributed by atoms with van der Waals surface area (Å²) in [5, 5.41) is 15.6. The molecule has 104 valence electrons. The molecule has 0 unspecified atom stereocenters. The lowest BCUT2D eigenvalue weighted by molar-refractivity contribution is 0.432. The van der Waals surface area contributed by atoms with Crippen LogP contribution in [0.15, 0.2) is 24.4 Å². The number of hydrazine groups is 1. The molecule has 0 fully saturated rings. The second-order valence-corrected chi connectivity index (χ2v) is 3.99. The number of hydrogen-bond acceptors (Lipinski definition) is 7. The van der Waals surface area contributed by atoms with Crippen LogP contribution in [0.4, 0.5) is 10.3 Å². The van der Waals surface area contributed by atoms with Crippen molar-refractivity contribution < 1.29 is 9.13 Å². The maximum absolute atomic E-state index is 13.8. The first-order valence-corrected chi connectivity index (χ1v) is 5.76. The SMILES string of the molecule is N#Cc1ccc(Oc2nc(NN)nc3[nH]ncc23)c(F)c1. The van der Waals surface area contributed by atoms with Gasteiger partial charge in [-0.15, -0.1) is 0 Å². The number of H-pyrrole nitrogens is 1. The number of anilines is 1. The summed E-state index contributed by atoms with van der Waals surface area (Å²) in [6, 6.07) is 5.70. The topological polar surface area (TPSA) is 126 Å². The van der Waals surface area contributed by atoms with Crippen molar-refractivity contribution in [2.24, 2.45) is 5.84 Å². The number of nitrogen functional groups attached to an aromatic ring is 1. The van der Waals surface area contributed by atoms with Crippen LogP contribution in [-0.2, 0) is 0 Å². The minimum Gasteiger partial charge on any atom is -0.435 e. The van der Waals surface area contributed by atoms with E-state index in [2.05, 4.69) is 25.6 Å². The largest absolute Gasteiger partial charge is 0.435 e. The predicted molar refractivity (Wildman–Crippen MR) is 70.7 cm³/mol. The third kappa shape index (κ3) is 2.31. The third-order valence-electron chi connectivity index (χ3n) is 2.67. The number of nitriles is 1. The van der Waals surface area contributed by atoms with E-state index in [1.165, 1.54) is 18.3 Å². The highest BCUT2D eigenvalue weighted by atomic mass is 19.1. The Morgan fingerprint density at radius 3 is 2.95 bits per heavy atom. The van der Waals surface area contributed by atoms with E-state index in [1.54, 1.807) is 0 Å². The van der Waals surface area contributed by atoms with Crippen molar-refractivity contribution in [3.8, 4) is 17.7 Å². The monoisotopic (exact) mass is 285 g/mol. The molecule has 2 heterocycles. The Labute approximate surface area is 117 Å². The van der Waals surface area contributed by atoms with Gasteiger partial charge >= 0.3 is 0 Å². The zero-order valence-electron chi connectivity index (χ0n) is 10.5. The number of aromatic nitrogens is 4. The van der Waals surface area contributed by atoms with Crippen LogP contribution < -0.4 is 16.0 Å². The Balaban J connectivity index is 2.05. The fraction of sp³-hybridized carbons (Fsp3) is 0. The summed E-state index contributed by atoms with van der Waals surface area (Å²) in [7, 11) is 0. The molecule has 8 nitrogen and oxygen atoms in total. The van der Waals surface area contributed by atoms with Gasteiger partial charge in [-0.2, -0.15) is 20.3 Å². The van der Waals surface area contributed by atoms with Gasteiger partial charge in [0.05, 0.1) is 17.8 Å². The van der Waals surface area contributed by atoms with Gasteiger partial charge in [-0.1, -0.05) is 0 Å². The fourth-order valence-electron chi connectivity index (χ4n) is 1.71. The minimum absolute atomic E-state index is 0.0711. The summed E-state index contributed by atoms with van der Waals surface area (Å²) >= 11 is 0. The molecule has 0 saturated carbocycles.